The molecule has 7 heteroatoms. The predicted octanol–water partition coefficient (Wildman–Crippen LogP) is 1.24. The van der Waals surface area contributed by atoms with E-state index in [1.54, 1.807) is 24.4 Å². The van der Waals surface area contributed by atoms with E-state index in [4.69, 9.17) is 0 Å². The summed E-state index contributed by atoms with van der Waals surface area (Å²) < 4.78 is 0. The average molecular weight is 307 g/mol. The van der Waals surface area contributed by atoms with E-state index in [0.717, 1.165) is 29.8 Å². The molecule has 1 aliphatic carbocycles. The molecule has 0 fully saturated rings. The van der Waals surface area contributed by atoms with Gasteiger partial charge < -0.3 is 4.98 Å². The Kier molecular flexibility index (Phi) is 3.11. The van der Waals surface area contributed by atoms with Crippen LogP contribution in [-0.2, 0) is 11.2 Å². The molecule has 0 saturated carbocycles. The maximum atomic E-state index is 12.1. The fourth-order valence-corrected chi connectivity index (χ4v) is 2.85. The van der Waals surface area contributed by atoms with Gasteiger partial charge in [0.05, 0.1) is 11.3 Å². The van der Waals surface area contributed by atoms with Crippen molar-refractivity contribution in [1.29, 1.82) is 0 Å². The van der Waals surface area contributed by atoms with Gasteiger partial charge in [-0.1, -0.05) is 0 Å². The van der Waals surface area contributed by atoms with Crippen molar-refractivity contribution in [3.8, 4) is 0 Å². The number of carbonyl (C=O) groups excluding carboxylic acids is 2. The first-order valence-electron chi connectivity index (χ1n) is 7.34. The number of carbonyl (C=O) groups is 2. The van der Waals surface area contributed by atoms with Crippen molar-refractivity contribution in [3.05, 3.63) is 52.9 Å². The molecule has 114 valence electrons. The first-order valence-corrected chi connectivity index (χ1v) is 7.34. The number of Topliss-reactive ketones (excluding diaryl/α,β-unsaturated/α-hetero) is 1. The zero-order chi connectivity index (χ0) is 15.8. The minimum atomic E-state index is -0.294. The lowest BCUT2D eigenvalue weighted by Crippen LogP contribution is -2.14. The van der Waals surface area contributed by atoms with Crippen LogP contribution in [0.4, 0.5) is 0 Å². The average Bonchev–Trinajstić information content (AvgIpc) is 3.14. The standard InChI is InChI=1S/C16H13N5O2/c22-14-3-1-2-12-10(14)6-9(19-12)7-11-15(20-21-16(11)23)13-4-5-17-8-18-13/h4-8,19H,1-3H2,(H,21,23). The van der Waals surface area contributed by atoms with Crippen LogP contribution in [0.1, 0.15) is 40.3 Å². The third-order valence-corrected chi connectivity index (χ3v) is 3.94. The van der Waals surface area contributed by atoms with Crippen molar-refractivity contribution in [2.75, 3.05) is 0 Å². The highest BCUT2D eigenvalue weighted by atomic mass is 16.2. The Labute approximate surface area is 131 Å². The number of aryl methyl sites for hydroxylation is 1. The Hall–Kier alpha value is -3.09. The summed E-state index contributed by atoms with van der Waals surface area (Å²) in [6, 6.07) is 3.49. The second kappa shape index (κ2) is 5.28. The summed E-state index contributed by atoms with van der Waals surface area (Å²) in [5.74, 6) is -0.148. The molecule has 23 heavy (non-hydrogen) atoms. The van der Waals surface area contributed by atoms with Crippen LogP contribution >= 0.6 is 0 Å². The monoisotopic (exact) mass is 307 g/mol. The lowest BCUT2D eigenvalue weighted by Gasteiger charge is -2.08. The number of nitrogens with one attached hydrogen (secondary N) is 2. The fraction of sp³-hybridized carbons (Fsp3) is 0.188. The van der Waals surface area contributed by atoms with Gasteiger partial charge >= 0.3 is 0 Å². The van der Waals surface area contributed by atoms with Gasteiger partial charge in [0.15, 0.2) is 5.78 Å². The molecule has 1 amide bonds. The van der Waals surface area contributed by atoms with Crippen LogP contribution in [0, 0.1) is 0 Å². The summed E-state index contributed by atoms with van der Waals surface area (Å²) in [6.45, 7) is 0. The Morgan fingerprint density at radius 3 is 2.91 bits per heavy atom. The number of fused-ring (bicyclic) bond motifs is 1. The minimum absolute atomic E-state index is 0.146. The molecule has 0 bridgehead atoms. The highest BCUT2D eigenvalue weighted by molar-refractivity contribution is 6.32. The molecular formula is C16H13N5O2. The van der Waals surface area contributed by atoms with E-state index in [2.05, 4.69) is 25.5 Å². The number of aromatic nitrogens is 3. The maximum Gasteiger partial charge on any atom is 0.273 e. The van der Waals surface area contributed by atoms with Gasteiger partial charge in [-0.3, -0.25) is 9.59 Å². The first kappa shape index (κ1) is 13.6. The number of hydrogen-bond acceptors (Lipinski definition) is 5. The fourth-order valence-electron chi connectivity index (χ4n) is 2.85. The summed E-state index contributed by atoms with van der Waals surface area (Å²) in [5.41, 5.74) is 6.28. The predicted molar refractivity (Wildman–Crippen MR) is 82.7 cm³/mol. The highest BCUT2D eigenvalue weighted by Gasteiger charge is 2.26. The van der Waals surface area contributed by atoms with E-state index >= 15 is 0 Å². The van der Waals surface area contributed by atoms with Gasteiger partial charge in [-0.15, -0.1) is 0 Å². The van der Waals surface area contributed by atoms with E-state index in [9.17, 15) is 9.59 Å². The molecular weight excluding hydrogens is 294 g/mol. The summed E-state index contributed by atoms with van der Waals surface area (Å²) in [4.78, 5) is 35.2. The van der Waals surface area contributed by atoms with Crippen LogP contribution in [0.3, 0.4) is 0 Å². The molecule has 1 aliphatic heterocycles. The molecule has 2 N–H and O–H groups in total. The second-order valence-corrected chi connectivity index (χ2v) is 5.45. The van der Waals surface area contributed by atoms with Gasteiger partial charge in [-0.2, -0.15) is 5.10 Å². The topological polar surface area (TPSA) is 100 Å². The molecule has 3 heterocycles. The molecule has 7 nitrogen and oxygen atoms in total. The van der Waals surface area contributed by atoms with E-state index in [1.807, 2.05) is 0 Å². The van der Waals surface area contributed by atoms with E-state index in [1.165, 1.54) is 6.33 Å². The normalized spacial score (nSPS) is 18.8. The third-order valence-electron chi connectivity index (χ3n) is 3.94. The van der Waals surface area contributed by atoms with Crippen molar-refractivity contribution in [1.82, 2.24) is 20.4 Å². The Morgan fingerprint density at radius 1 is 1.22 bits per heavy atom. The SMILES string of the molecule is O=C1NN=C(c2ccncn2)C1=Cc1cc2c([nH]1)CCCC2=O. The number of aromatic amines is 1. The van der Waals surface area contributed by atoms with E-state index in [-0.39, 0.29) is 11.7 Å². The molecule has 4 rings (SSSR count). The van der Waals surface area contributed by atoms with E-state index in [0.29, 0.717) is 23.4 Å². The third kappa shape index (κ3) is 2.36. The summed E-state index contributed by atoms with van der Waals surface area (Å²) >= 11 is 0. The molecule has 2 aliphatic rings. The van der Waals surface area contributed by atoms with Crippen LogP contribution in [0.25, 0.3) is 6.08 Å². The van der Waals surface area contributed by atoms with Crippen molar-refractivity contribution in [2.45, 2.75) is 19.3 Å². The highest BCUT2D eigenvalue weighted by Crippen LogP contribution is 2.24. The van der Waals surface area contributed by atoms with Crippen LogP contribution in [-0.4, -0.2) is 32.4 Å². The first-order chi connectivity index (χ1) is 11.2. The van der Waals surface area contributed by atoms with Gasteiger partial charge in [0.1, 0.15) is 12.0 Å². The van der Waals surface area contributed by atoms with Gasteiger partial charge in [-0.25, -0.2) is 15.4 Å². The van der Waals surface area contributed by atoms with Crippen LogP contribution in [0.15, 0.2) is 35.3 Å². The van der Waals surface area contributed by atoms with Crippen LogP contribution in [0.5, 0.6) is 0 Å². The number of nitrogens with zero attached hydrogens (tertiary/aromatic N) is 3. The van der Waals surface area contributed by atoms with Gasteiger partial charge in [0.2, 0.25) is 0 Å². The smallest absolute Gasteiger partial charge is 0.273 e. The largest absolute Gasteiger partial charge is 0.358 e. The van der Waals surface area contributed by atoms with Crippen molar-refractivity contribution in [2.24, 2.45) is 5.10 Å². The summed E-state index contributed by atoms with van der Waals surface area (Å²) in [7, 11) is 0. The number of hydrazone groups is 1. The summed E-state index contributed by atoms with van der Waals surface area (Å²) in [6.07, 6.45) is 6.99. The summed E-state index contributed by atoms with van der Waals surface area (Å²) in [5, 5.41) is 4.04. The number of hydrogen-bond donors (Lipinski definition) is 2. The minimum Gasteiger partial charge on any atom is -0.358 e. The van der Waals surface area contributed by atoms with Crippen molar-refractivity contribution in [3.63, 3.8) is 0 Å². The van der Waals surface area contributed by atoms with Crippen LogP contribution in [0.2, 0.25) is 0 Å². The molecule has 0 aromatic carbocycles. The van der Waals surface area contributed by atoms with Gasteiger partial charge in [0.25, 0.3) is 5.91 Å². The Morgan fingerprint density at radius 2 is 2.13 bits per heavy atom. The molecule has 2 aromatic heterocycles. The van der Waals surface area contributed by atoms with Crippen molar-refractivity contribution >= 4 is 23.5 Å². The van der Waals surface area contributed by atoms with Crippen LogP contribution < -0.4 is 5.43 Å². The molecule has 0 saturated heterocycles. The number of ketones is 1. The molecule has 0 spiro atoms. The quantitative estimate of drug-likeness (QED) is 0.815. The molecule has 0 atom stereocenters. The van der Waals surface area contributed by atoms with Gasteiger partial charge in [-0.05, 0) is 31.1 Å². The Bertz CT molecular complexity index is 864. The lowest BCUT2D eigenvalue weighted by atomic mass is 9.97. The molecule has 2 aromatic rings. The zero-order valence-electron chi connectivity index (χ0n) is 12.2. The van der Waals surface area contributed by atoms with Crippen molar-refractivity contribution < 1.29 is 9.59 Å². The Balaban J connectivity index is 1.74. The number of amides is 1. The second-order valence-electron chi connectivity index (χ2n) is 5.45. The molecule has 0 radical (unpaired) electrons. The molecule has 0 unspecified atom stereocenters. The zero-order valence-corrected chi connectivity index (χ0v) is 12.2. The van der Waals surface area contributed by atoms with E-state index < -0.39 is 0 Å². The number of H-pyrrole nitrogens is 1. The van der Waals surface area contributed by atoms with Gasteiger partial charge in [0, 0.05) is 29.6 Å². The lowest BCUT2D eigenvalue weighted by molar-refractivity contribution is -0.116. The maximum absolute atomic E-state index is 12.1. The number of rotatable bonds is 2.